The van der Waals surface area contributed by atoms with Gasteiger partial charge in [-0.25, -0.2) is 0 Å². The monoisotopic (exact) mass is 400 g/mol. The molecule has 0 saturated carbocycles. The summed E-state index contributed by atoms with van der Waals surface area (Å²) in [6, 6.07) is 31.2. The minimum absolute atomic E-state index is 0.179. The lowest BCUT2D eigenvalue weighted by atomic mass is 9.80. The maximum Gasteiger partial charge on any atom is 0.164 e. The number of rotatable bonds is 7. The van der Waals surface area contributed by atoms with Crippen molar-refractivity contribution in [2.24, 2.45) is 5.92 Å². The molecule has 0 saturated heterocycles. The van der Waals surface area contributed by atoms with E-state index in [0.717, 1.165) is 16.7 Å². The predicted molar refractivity (Wildman–Crippen MR) is 119 cm³/mol. The maximum atomic E-state index is 6.82. The highest BCUT2D eigenvalue weighted by atomic mass is 16.7. The molecule has 154 valence electrons. The summed E-state index contributed by atoms with van der Waals surface area (Å²) in [5.74, 6) is 0.216. The standard InChI is InChI=1S/C27H28O3/c1-21-18-19-25(30-26(21)28-2)20-29-27(22-12-6-3-7-13-22,23-14-8-4-9-15-23)24-16-10-5-11-17-24/h3-19,21,25-26H,20H2,1-2H3/t21-,25-,26-/m0/s1. The molecule has 0 amide bonds. The second kappa shape index (κ2) is 9.40. The lowest BCUT2D eigenvalue weighted by Gasteiger charge is -2.38. The first-order valence-electron chi connectivity index (χ1n) is 10.4. The van der Waals surface area contributed by atoms with E-state index in [1.165, 1.54) is 0 Å². The number of methoxy groups -OCH3 is 1. The van der Waals surface area contributed by atoms with E-state index in [1.807, 2.05) is 18.2 Å². The van der Waals surface area contributed by atoms with Crippen molar-refractivity contribution in [3.63, 3.8) is 0 Å². The smallest absolute Gasteiger partial charge is 0.164 e. The van der Waals surface area contributed by atoms with E-state index in [-0.39, 0.29) is 18.3 Å². The average Bonchev–Trinajstić information content (AvgIpc) is 2.82. The third kappa shape index (κ3) is 4.10. The Balaban J connectivity index is 1.77. The van der Waals surface area contributed by atoms with Gasteiger partial charge in [-0.05, 0) is 16.7 Å². The fourth-order valence-electron chi connectivity index (χ4n) is 4.07. The molecule has 1 heterocycles. The fraction of sp³-hybridized carbons (Fsp3) is 0.259. The van der Waals surface area contributed by atoms with Crippen molar-refractivity contribution < 1.29 is 14.2 Å². The highest BCUT2D eigenvalue weighted by molar-refractivity contribution is 5.47. The molecule has 1 aliphatic heterocycles. The van der Waals surface area contributed by atoms with Crippen LogP contribution in [0.1, 0.15) is 23.6 Å². The zero-order chi connectivity index (χ0) is 20.8. The van der Waals surface area contributed by atoms with Crippen LogP contribution in [0.2, 0.25) is 0 Å². The lowest BCUT2D eigenvalue weighted by Crippen LogP contribution is -2.39. The molecule has 0 aromatic heterocycles. The van der Waals surface area contributed by atoms with Crippen LogP contribution in [0.4, 0.5) is 0 Å². The van der Waals surface area contributed by atoms with Crippen molar-refractivity contribution >= 4 is 0 Å². The molecule has 4 rings (SSSR count). The summed E-state index contributed by atoms with van der Waals surface area (Å²) in [5, 5.41) is 0. The Morgan fingerprint density at radius 2 is 1.20 bits per heavy atom. The van der Waals surface area contributed by atoms with E-state index in [2.05, 4.69) is 91.9 Å². The van der Waals surface area contributed by atoms with Gasteiger partial charge in [0.05, 0.1) is 6.61 Å². The first-order chi connectivity index (χ1) is 14.7. The van der Waals surface area contributed by atoms with Gasteiger partial charge in [0.15, 0.2) is 6.29 Å². The van der Waals surface area contributed by atoms with Crippen LogP contribution in [-0.4, -0.2) is 26.1 Å². The van der Waals surface area contributed by atoms with E-state index in [1.54, 1.807) is 7.11 Å². The van der Waals surface area contributed by atoms with Crippen molar-refractivity contribution in [2.45, 2.75) is 24.9 Å². The van der Waals surface area contributed by atoms with E-state index < -0.39 is 5.60 Å². The maximum absolute atomic E-state index is 6.82. The number of ether oxygens (including phenoxy) is 3. The van der Waals surface area contributed by atoms with Crippen molar-refractivity contribution in [1.29, 1.82) is 0 Å². The Bertz CT molecular complexity index is 841. The van der Waals surface area contributed by atoms with Crippen LogP contribution in [0.5, 0.6) is 0 Å². The van der Waals surface area contributed by atoms with Gasteiger partial charge < -0.3 is 14.2 Å². The summed E-state index contributed by atoms with van der Waals surface area (Å²) in [6.07, 6.45) is 3.78. The van der Waals surface area contributed by atoms with Crippen LogP contribution in [0.25, 0.3) is 0 Å². The van der Waals surface area contributed by atoms with Crippen LogP contribution in [0, 0.1) is 5.92 Å². The van der Waals surface area contributed by atoms with E-state index in [0.29, 0.717) is 6.61 Å². The van der Waals surface area contributed by atoms with Crippen LogP contribution >= 0.6 is 0 Å². The first kappa shape index (κ1) is 20.5. The summed E-state index contributed by atoms with van der Waals surface area (Å²) in [6.45, 7) is 2.49. The van der Waals surface area contributed by atoms with Gasteiger partial charge >= 0.3 is 0 Å². The van der Waals surface area contributed by atoms with E-state index in [9.17, 15) is 0 Å². The van der Waals surface area contributed by atoms with Gasteiger partial charge in [-0.15, -0.1) is 0 Å². The minimum Gasteiger partial charge on any atom is -0.358 e. The van der Waals surface area contributed by atoms with Crippen molar-refractivity contribution in [2.75, 3.05) is 13.7 Å². The quantitative estimate of drug-likeness (QED) is 0.384. The largest absolute Gasteiger partial charge is 0.358 e. The second-order valence-electron chi connectivity index (χ2n) is 7.61. The summed E-state index contributed by atoms with van der Waals surface area (Å²) in [7, 11) is 1.68. The Kier molecular flexibility index (Phi) is 6.44. The fourth-order valence-corrected chi connectivity index (χ4v) is 4.07. The van der Waals surface area contributed by atoms with Crippen molar-refractivity contribution in [3.05, 3.63) is 120 Å². The molecular weight excluding hydrogens is 372 g/mol. The van der Waals surface area contributed by atoms with Crippen LogP contribution in [-0.2, 0) is 19.8 Å². The average molecular weight is 401 g/mol. The molecule has 0 radical (unpaired) electrons. The van der Waals surface area contributed by atoms with Gasteiger partial charge in [0.25, 0.3) is 0 Å². The Morgan fingerprint density at radius 1 is 0.733 bits per heavy atom. The molecule has 0 bridgehead atoms. The number of hydrogen-bond acceptors (Lipinski definition) is 3. The highest BCUT2D eigenvalue weighted by Gasteiger charge is 2.38. The van der Waals surface area contributed by atoms with Gasteiger partial charge in [-0.1, -0.05) is 110 Å². The molecule has 0 aliphatic carbocycles. The van der Waals surface area contributed by atoms with Crippen molar-refractivity contribution in [1.82, 2.24) is 0 Å². The van der Waals surface area contributed by atoms with Gasteiger partial charge in [-0.2, -0.15) is 0 Å². The van der Waals surface area contributed by atoms with Gasteiger partial charge in [-0.3, -0.25) is 0 Å². The van der Waals surface area contributed by atoms with Crippen LogP contribution in [0.3, 0.4) is 0 Å². The molecular formula is C27H28O3. The van der Waals surface area contributed by atoms with E-state index >= 15 is 0 Å². The molecule has 3 aromatic carbocycles. The Hall–Kier alpha value is -2.72. The molecule has 0 spiro atoms. The molecule has 3 aromatic rings. The molecule has 0 unspecified atom stereocenters. The third-order valence-corrected chi connectivity index (χ3v) is 5.60. The first-order valence-corrected chi connectivity index (χ1v) is 10.4. The van der Waals surface area contributed by atoms with Gasteiger partial charge in [0.1, 0.15) is 11.7 Å². The molecule has 3 heteroatoms. The Labute approximate surface area is 178 Å². The zero-order valence-corrected chi connectivity index (χ0v) is 17.5. The van der Waals surface area contributed by atoms with Gasteiger partial charge in [0.2, 0.25) is 0 Å². The summed E-state index contributed by atoms with van der Waals surface area (Å²) in [4.78, 5) is 0. The molecule has 30 heavy (non-hydrogen) atoms. The summed E-state index contributed by atoms with van der Waals surface area (Å²) >= 11 is 0. The van der Waals surface area contributed by atoms with Crippen LogP contribution in [0.15, 0.2) is 103 Å². The second-order valence-corrected chi connectivity index (χ2v) is 7.61. The lowest BCUT2D eigenvalue weighted by molar-refractivity contribution is -0.185. The van der Waals surface area contributed by atoms with Gasteiger partial charge in [0, 0.05) is 13.0 Å². The normalized spacial score (nSPS) is 21.5. The van der Waals surface area contributed by atoms with Crippen LogP contribution < -0.4 is 0 Å². The number of benzene rings is 3. The number of hydrogen-bond donors (Lipinski definition) is 0. The predicted octanol–water partition coefficient (Wildman–Crippen LogP) is 5.56. The van der Waals surface area contributed by atoms with Crippen molar-refractivity contribution in [3.8, 4) is 0 Å². The minimum atomic E-state index is -0.743. The molecule has 1 aliphatic rings. The molecule has 3 nitrogen and oxygen atoms in total. The summed E-state index contributed by atoms with van der Waals surface area (Å²) in [5.41, 5.74) is 2.50. The molecule has 3 atom stereocenters. The molecule has 0 fully saturated rings. The SMILES string of the molecule is CO[C@H]1O[C@H](COC(c2ccccc2)(c2ccccc2)c2ccccc2)C=C[C@@H]1C. The zero-order valence-electron chi connectivity index (χ0n) is 17.5. The summed E-state index contributed by atoms with van der Waals surface area (Å²) < 4.78 is 18.4. The third-order valence-electron chi connectivity index (χ3n) is 5.60. The Morgan fingerprint density at radius 3 is 1.63 bits per heavy atom. The topological polar surface area (TPSA) is 27.7 Å². The van der Waals surface area contributed by atoms with E-state index in [4.69, 9.17) is 14.2 Å². The molecule has 0 N–H and O–H groups in total. The highest BCUT2D eigenvalue weighted by Crippen LogP contribution is 2.40.